The fourth-order valence-electron chi connectivity index (χ4n) is 3.02. The molecule has 2 aromatic heterocycles. The Morgan fingerprint density at radius 3 is 2.75 bits per heavy atom. The van der Waals surface area contributed by atoms with Gasteiger partial charge in [-0.05, 0) is 36.1 Å². The maximum absolute atomic E-state index is 12.4. The molecule has 2 N–H and O–H groups in total. The molecule has 0 bridgehead atoms. The number of para-hydroxylation sites is 1. The summed E-state index contributed by atoms with van der Waals surface area (Å²) < 4.78 is 7.00. The van der Waals surface area contributed by atoms with Crippen LogP contribution in [-0.4, -0.2) is 27.9 Å². The maximum Gasteiger partial charge on any atom is 0.319 e. The second-order valence-electron chi connectivity index (χ2n) is 6.81. The highest BCUT2D eigenvalue weighted by Crippen LogP contribution is 2.28. The Hall–Kier alpha value is -3.35. The normalized spacial score (nSPS) is 10.8. The van der Waals surface area contributed by atoms with Crippen molar-refractivity contribution in [3.05, 3.63) is 65.6 Å². The van der Waals surface area contributed by atoms with Gasteiger partial charge in [0.05, 0.1) is 30.4 Å². The molecule has 0 spiro atoms. The van der Waals surface area contributed by atoms with Gasteiger partial charge in [-0.25, -0.2) is 14.5 Å². The summed E-state index contributed by atoms with van der Waals surface area (Å²) in [5, 5.41) is 10.3. The lowest BCUT2D eigenvalue weighted by molar-refractivity contribution is 0.251. The van der Waals surface area contributed by atoms with Crippen molar-refractivity contribution in [2.45, 2.75) is 33.2 Å². The number of benzene rings is 1. The molecule has 0 saturated carbocycles. The van der Waals surface area contributed by atoms with Crippen LogP contribution in [0.2, 0.25) is 0 Å². The van der Waals surface area contributed by atoms with Crippen molar-refractivity contribution >= 4 is 11.7 Å². The first kappa shape index (κ1) is 19.4. The van der Waals surface area contributed by atoms with Gasteiger partial charge in [0, 0.05) is 18.8 Å². The molecule has 7 heteroatoms. The SMILES string of the molecule is COc1cc(CNC(=O)Nc2cnn(-c3ccccc3C)c2C(C)C)ccn1. The van der Waals surface area contributed by atoms with Crippen LogP contribution in [0.4, 0.5) is 10.5 Å². The van der Waals surface area contributed by atoms with Crippen molar-refractivity contribution in [3.8, 4) is 11.6 Å². The van der Waals surface area contributed by atoms with Crippen LogP contribution < -0.4 is 15.4 Å². The molecule has 2 heterocycles. The Bertz CT molecular complexity index is 965. The monoisotopic (exact) mass is 379 g/mol. The number of urea groups is 1. The van der Waals surface area contributed by atoms with Gasteiger partial charge in [0.15, 0.2) is 0 Å². The number of anilines is 1. The van der Waals surface area contributed by atoms with Crippen molar-refractivity contribution in [1.82, 2.24) is 20.1 Å². The number of pyridine rings is 1. The Morgan fingerprint density at radius 1 is 1.25 bits per heavy atom. The third kappa shape index (κ3) is 4.31. The van der Waals surface area contributed by atoms with Crippen LogP contribution in [0.3, 0.4) is 0 Å². The molecule has 3 rings (SSSR count). The van der Waals surface area contributed by atoms with Gasteiger partial charge in [-0.2, -0.15) is 5.10 Å². The molecule has 0 saturated heterocycles. The molecule has 1 aromatic carbocycles. The van der Waals surface area contributed by atoms with E-state index in [-0.39, 0.29) is 11.9 Å². The van der Waals surface area contributed by atoms with Gasteiger partial charge in [0.2, 0.25) is 5.88 Å². The summed E-state index contributed by atoms with van der Waals surface area (Å²) in [5.74, 6) is 0.697. The number of ether oxygens (including phenoxy) is 1. The zero-order valence-electron chi connectivity index (χ0n) is 16.6. The van der Waals surface area contributed by atoms with Gasteiger partial charge in [-0.1, -0.05) is 32.0 Å². The Morgan fingerprint density at radius 2 is 2.04 bits per heavy atom. The molecule has 7 nitrogen and oxygen atoms in total. The minimum atomic E-state index is -0.290. The molecule has 146 valence electrons. The summed E-state index contributed by atoms with van der Waals surface area (Å²) >= 11 is 0. The average Bonchev–Trinajstić information content (AvgIpc) is 3.10. The number of methoxy groups -OCH3 is 1. The zero-order valence-corrected chi connectivity index (χ0v) is 16.6. The molecule has 3 aromatic rings. The molecular formula is C21H25N5O2. The quantitative estimate of drug-likeness (QED) is 0.678. The van der Waals surface area contributed by atoms with Gasteiger partial charge < -0.3 is 15.4 Å². The largest absolute Gasteiger partial charge is 0.481 e. The molecule has 2 amide bonds. The molecule has 0 aliphatic heterocycles. The predicted octanol–water partition coefficient (Wildman–Crippen LogP) is 4.03. The third-order valence-electron chi connectivity index (χ3n) is 4.41. The number of rotatable bonds is 6. The van der Waals surface area contributed by atoms with Crippen molar-refractivity contribution in [1.29, 1.82) is 0 Å². The van der Waals surface area contributed by atoms with Crippen molar-refractivity contribution < 1.29 is 9.53 Å². The van der Waals surface area contributed by atoms with E-state index in [4.69, 9.17) is 4.74 Å². The van der Waals surface area contributed by atoms with E-state index >= 15 is 0 Å². The van der Waals surface area contributed by atoms with Crippen LogP contribution >= 0.6 is 0 Å². The van der Waals surface area contributed by atoms with Crippen LogP contribution in [0.15, 0.2) is 48.8 Å². The van der Waals surface area contributed by atoms with E-state index in [0.717, 1.165) is 22.5 Å². The number of hydrogen-bond donors (Lipinski definition) is 2. The number of amides is 2. The van der Waals surface area contributed by atoms with E-state index in [1.165, 1.54) is 0 Å². The number of hydrogen-bond acceptors (Lipinski definition) is 4. The molecular weight excluding hydrogens is 354 g/mol. The van der Waals surface area contributed by atoms with Crippen molar-refractivity contribution in [2.24, 2.45) is 0 Å². The molecule has 0 atom stereocenters. The number of nitrogens with zero attached hydrogens (tertiary/aromatic N) is 3. The van der Waals surface area contributed by atoms with Crippen LogP contribution in [0.1, 0.15) is 36.6 Å². The topological polar surface area (TPSA) is 81.1 Å². The highest BCUT2D eigenvalue weighted by atomic mass is 16.5. The molecule has 28 heavy (non-hydrogen) atoms. The Kier molecular flexibility index (Phi) is 5.93. The van der Waals surface area contributed by atoms with Gasteiger partial charge >= 0.3 is 6.03 Å². The van der Waals surface area contributed by atoms with E-state index in [1.807, 2.05) is 41.9 Å². The standard InChI is InChI=1S/C21H25N5O2/c1-14(2)20-17(13-24-26(20)18-8-6-5-7-15(18)3)25-21(27)23-12-16-9-10-22-19(11-16)28-4/h5-11,13-14H,12H2,1-4H3,(H2,23,25,27). The number of aromatic nitrogens is 3. The summed E-state index contributed by atoms with van der Waals surface area (Å²) in [5.41, 5.74) is 4.68. The highest BCUT2D eigenvalue weighted by molar-refractivity contribution is 5.89. The van der Waals surface area contributed by atoms with Crippen LogP contribution in [0.25, 0.3) is 5.69 Å². The molecule has 0 radical (unpaired) electrons. The number of carbonyl (C=O) groups is 1. The van der Waals surface area contributed by atoms with E-state index < -0.39 is 0 Å². The first-order chi connectivity index (χ1) is 13.5. The van der Waals surface area contributed by atoms with Crippen LogP contribution in [-0.2, 0) is 6.54 Å². The number of aryl methyl sites for hydroxylation is 1. The van der Waals surface area contributed by atoms with E-state index in [9.17, 15) is 4.79 Å². The molecule has 0 aliphatic carbocycles. The predicted molar refractivity (Wildman–Crippen MR) is 109 cm³/mol. The fourth-order valence-corrected chi connectivity index (χ4v) is 3.02. The lowest BCUT2D eigenvalue weighted by Gasteiger charge is -2.15. The highest BCUT2D eigenvalue weighted by Gasteiger charge is 2.18. The smallest absolute Gasteiger partial charge is 0.319 e. The second-order valence-corrected chi connectivity index (χ2v) is 6.81. The minimum absolute atomic E-state index is 0.182. The van der Waals surface area contributed by atoms with Crippen molar-refractivity contribution in [3.63, 3.8) is 0 Å². The minimum Gasteiger partial charge on any atom is -0.481 e. The summed E-state index contributed by atoms with van der Waals surface area (Å²) in [7, 11) is 1.56. The Balaban J connectivity index is 1.75. The van der Waals surface area contributed by atoms with Crippen molar-refractivity contribution in [2.75, 3.05) is 12.4 Å². The number of carbonyl (C=O) groups excluding carboxylic acids is 1. The lowest BCUT2D eigenvalue weighted by Crippen LogP contribution is -2.28. The first-order valence-corrected chi connectivity index (χ1v) is 9.17. The first-order valence-electron chi connectivity index (χ1n) is 9.17. The van der Waals surface area contributed by atoms with Gasteiger partial charge in [-0.3, -0.25) is 0 Å². The van der Waals surface area contributed by atoms with Gasteiger partial charge in [-0.15, -0.1) is 0 Å². The van der Waals surface area contributed by atoms with Crippen LogP contribution in [0.5, 0.6) is 5.88 Å². The number of nitrogens with one attached hydrogen (secondary N) is 2. The molecule has 0 unspecified atom stereocenters. The van der Waals surface area contributed by atoms with E-state index in [0.29, 0.717) is 18.1 Å². The molecule has 0 fully saturated rings. The average molecular weight is 379 g/mol. The summed E-state index contributed by atoms with van der Waals surface area (Å²) in [6.45, 7) is 6.58. The lowest BCUT2D eigenvalue weighted by atomic mass is 10.1. The summed E-state index contributed by atoms with van der Waals surface area (Å²) in [6, 6.07) is 11.4. The van der Waals surface area contributed by atoms with E-state index in [2.05, 4.69) is 34.6 Å². The summed E-state index contributed by atoms with van der Waals surface area (Å²) in [4.78, 5) is 16.5. The fraction of sp³-hybridized carbons (Fsp3) is 0.286. The van der Waals surface area contributed by atoms with E-state index in [1.54, 1.807) is 25.6 Å². The second kappa shape index (κ2) is 8.56. The molecule has 0 aliphatic rings. The van der Waals surface area contributed by atoms with Gasteiger partial charge in [0.25, 0.3) is 0 Å². The third-order valence-corrected chi connectivity index (χ3v) is 4.41. The van der Waals surface area contributed by atoms with Crippen LogP contribution in [0, 0.1) is 6.92 Å². The summed E-state index contributed by atoms with van der Waals surface area (Å²) in [6.07, 6.45) is 3.34. The maximum atomic E-state index is 12.4. The van der Waals surface area contributed by atoms with Gasteiger partial charge in [0.1, 0.15) is 0 Å². The zero-order chi connectivity index (χ0) is 20.1. The Labute approximate surface area is 164 Å².